The summed E-state index contributed by atoms with van der Waals surface area (Å²) in [6.45, 7) is 11.3. The lowest BCUT2D eigenvalue weighted by Gasteiger charge is -2.36. The van der Waals surface area contributed by atoms with Crippen molar-refractivity contribution >= 4 is 5.78 Å². The fraction of sp³-hybridized carbons (Fsp3) is 0.929. The third-order valence-corrected chi connectivity index (χ3v) is 4.13. The number of morpholine rings is 1. The first-order chi connectivity index (χ1) is 7.88. The summed E-state index contributed by atoms with van der Waals surface area (Å²) in [4.78, 5) is 14.6. The number of ether oxygens (including phenoxy) is 1. The Hall–Kier alpha value is -0.410. The minimum absolute atomic E-state index is 0.0891. The molecule has 1 saturated carbocycles. The van der Waals surface area contributed by atoms with Gasteiger partial charge >= 0.3 is 0 Å². The summed E-state index contributed by atoms with van der Waals surface area (Å²) in [6.07, 6.45) is 2.70. The van der Waals surface area contributed by atoms with Crippen molar-refractivity contribution in [3.63, 3.8) is 0 Å². The molecular formula is C14H25NO2. The average molecular weight is 239 g/mol. The first-order valence-electron chi connectivity index (χ1n) is 6.80. The predicted octanol–water partition coefficient (Wildman–Crippen LogP) is 2.10. The number of carbonyl (C=O) groups is 1. The molecule has 1 heterocycles. The average Bonchev–Trinajstić information content (AvgIpc) is 2.44. The second-order valence-corrected chi connectivity index (χ2v) is 6.46. The highest BCUT2D eigenvalue weighted by molar-refractivity contribution is 5.88. The Morgan fingerprint density at radius 3 is 2.35 bits per heavy atom. The van der Waals surface area contributed by atoms with Gasteiger partial charge in [-0.3, -0.25) is 9.69 Å². The third kappa shape index (κ3) is 2.89. The molecule has 0 aromatic carbocycles. The van der Waals surface area contributed by atoms with E-state index in [0.717, 1.165) is 32.5 Å². The standard InChI is InChI=1S/C14H25NO2/c1-10-7-15(8-11(2)17-10)9-12-5-6-14(3,4)13(12)16/h10-12H,5-9H2,1-4H3. The molecule has 3 nitrogen and oxygen atoms in total. The molecule has 0 N–H and O–H groups in total. The van der Waals surface area contributed by atoms with Crippen molar-refractivity contribution in [3.8, 4) is 0 Å². The van der Waals surface area contributed by atoms with Crippen LogP contribution in [0.15, 0.2) is 0 Å². The minimum atomic E-state index is -0.0891. The van der Waals surface area contributed by atoms with E-state index in [2.05, 4.69) is 32.6 Å². The number of hydrogen-bond acceptors (Lipinski definition) is 3. The molecule has 1 saturated heterocycles. The van der Waals surface area contributed by atoms with Gasteiger partial charge in [0.05, 0.1) is 12.2 Å². The molecule has 0 spiro atoms. The maximum Gasteiger partial charge on any atom is 0.142 e. The van der Waals surface area contributed by atoms with E-state index in [-0.39, 0.29) is 11.3 Å². The van der Waals surface area contributed by atoms with Crippen LogP contribution in [0.25, 0.3) is 0 Å². The van der Waals surface area contributed by atoms with Crippen LogP contribution in [0.4, 0.5) is 0 Å². The number of Topliss-reactive ketones (excluding diaryl/α,β-unsaturated/α-hetero) is 1. The number of carbonyl (C=O) groups excluding carboxylic acids is 1. The van der Waals surface area contributed by atoms with Gasteiger partial charge in [0.1, 0.15) is 5.78 Å². The molecule has 3 heteroatoms. The highest BCUT2D eigenvalue weighted by atomic mass is 16.5. The molecule has 3 unspecified atom stereocenters. The molecule has 0 aromatic heterocycles. The normalized spacial score (nSPS) is 38.6. The summed E-state index contributed by atoms with van der Waals surface area (Å²) in [5.74, 6) is 0.715. The van der Waals surface area contributed by atoms with Gasteiger partial charge in [-0.2, -0.15) is 0 Å². The summed E-state index contributed by atoms with van der Waals surface area (Å²) >= 11 is 0. The second kappa shape index (κ2) is 4.69. The quantitative estimate of drug-likeness (QED) is 0.739. The summed E-state index contributed by atoms with van der Waals surface area (Å²) in [6, 6.07) is 0. The van der Waals surface area contributed by atoms with E-state index < -0.39 is 0 Å². The summed E-state index contributed by atoms with van der Waals surface area (Å²) < 4.78 is 5.72. The van der Waals surface area contributed by atoms with Crippen LogP contribution in [0.2, 0.25) is 0 Å². The van der Waals surface area contributed by atoms with Crippen LogP contribution < -0.4 is 0 Å². The molecule has 3 atom stereocenters. The van der Waals surface area contributed by atoms with Crippen molar-refractivity contribution in [2.24, 2.45) is 11.3 Å². The molecule has 0 bridgehead atoms. The highest BCUT2D eigenvalue weighted by Gasteiger charge is 2.41. The number of nitrogens with zero attached hydrogens (tertiary/aromatic N) is 1. The van der Waals surface area contributed by atoms with E-state index in [1.807, 2.05) is 0 Å². The Morgan fingerprint density at radius 2 is 1.88 bits per heavy atom. The maximum atomic E-state index is 12.2. The van der Waals surface area contributed by atoms with Crippen molar-refractivity contribution in [2.45, 2.75) is 52.7 Å². The molecule has 17 heavy (non-hydrogen) atoms. The smallest absolute Gasteiger partial charge is 0.142 e. The summed E-state index contributed by atoms with van der Waals surface area (Å²) in [5, 5.41) is 0. The van der Waals surface area contributed by atoms with Gasteiger partial charge in [0.2, 0.25) is 0 Å². The van der Waals surface area contributed by atoms with Crippen LogP contribution in [0.1, 0.15) is 40.5 Å². The number of hydrogen-bond donors (Lipinski definition) is 0. The first-order valence-corrected chi connectivity index (χ1v) is 6.80. The maximum absolute atomic E-state index is 12.2. The molecule has 1 aliphatic heterocycles. The highest BCUT2D eigenvalue weighted by Crippen LogP contribution is 2.38. The van der Waals surface area contributed by atoms with Crippen LogP contribution in [-0.4, -0.2) is 42.5 Å². The Morgan fingerprint density at radius 1 is 1.29 bits per heavy atom. The van der Waals surface area contributed by atoms with E-state index in [9.17, 15) is 4.79 Å². The summed E-state index contributed by atoms with van der Waals surface area (Å²) in [7, 11) is 0. The fourth-order valence-corrected chi connectivity index (χ4v) is 3.26. The van der Waals surface area contributed by atoms with Crippen LogP contribution in [0, 0.1) is 11.3 Å². The molecule has 2 aliphatic rings. The lowest BCUT2D eigenvalue weighted by atomic mass is 9.89. The topological polar surface area (TPSA) is 29.5 Å². The lowest BCUT2D eigenvalue weighted by Crippen LogP contribution is -2.47. The van der Waals surface area contributed by atoms with Gasteiger partial charge in [0, 0.05) is 31.0 Å². The zero-order chi connectivity index (χ0) is 12.6. The van der Waals surface area contributed by atoms with E-state index in [1.165, 1.54) is 0 Å². The zero-order valence-electron chi connectivity index (χ0n) is 11.5. The van der Waals surface area contributed by atoms with Gasteiger partial charge in [-0.15, -0.1) is 0 Å². The summed E-state index contributed by atoms with van der Waals surface area (Å²) in [5.41, 5.74) is -0.0891. The van der Waals surface area contributed by atoms with Gasteiger partial charge in [-0.05, 0) is 26.7 Å². The van der Waals surface area contributed by atoms with Crippen LogP contribution in [0.5, 0.6) is 0 Å². The molecule has 98 valence electrons. The largest absolute Gasteiger partial charge is 0.373 e. The Kier molecular flexibility index (Phi) is 3.60. The minimum Gasteiger partial charge on any atom is -0.373 e. The third-order valence-electron chi connectivity index (χ3n) is 4.13. The Bertz CT molecular complexity index is 291. The van der Waals surface area contributed by atoms with Crippen molar-refractivity contribution in [1.29, 1.82) is 0 Å². The Balaban J connectivity index is 1.91. The Labute approximate surface area is 105 Å². The molecule has 1 aliphatic carbocycles. The van der Waals surface area contributed by atoms with Gasteiger partial charge in [0.25, 0.3) is 0 Å². The van der Waals surface area contributed by atoms with E-state index in [4.69, 9.17) is 4.74 Å². The molecule has 2 rings (SSSR count). The van der Waals surface area contributed by atoms with Crippen molar-refractivity contribution in [2.75, 3.05) is 19.6 Å². The van der Waals surface area contributed by atoms with Gasteiger partial charge < -0.3 is 4.74 Å². The SMILES string of the molecule is CC1CN(CC2CCC(C)(C)C2=O)CC(C)O1. The van der Waals surface area contributed by atoms with Crippen LogP contribution in [-0.2, 0) is 9.53 Å². The number of ketones is 1. The van der Waals surface area contributed by atoms with Crippen LogP contribution >= 0.6 is 0 Å². The monoisotopic (exact) mass is 239 g/mol. The van der Waals surface area contributed by atoms with E-state index in [1.54, 1.807) is 0 Å². The predicted molar refractivity (Wildman–Crippen MR) is 68.0 cm³/mol. The van der Waals surface area contributed by atoms with Crippen molar-refractivity contribution < 1.29 is 9.53 Å². The van der Waals surface area contributed by atoms with Crippen molar-refractivity contribution in [3.05, 3.63) is 0 Å². The number of rotatable bonds is 2. The molecule has 2 fully saturated rings. The fourth-order valence-electron chi connectivity index (χ4n) is 3.26. The van der Waals surface area contributed by atoms with E-state index >= 15 is 0 Å². The first kappa shape index (κ1) is 13.0. The van der Waals surface area contributed by atoms with Gasteiger partial charge in [-0.25, -0.2) is 0 Å². The molecule has 0 radical (unpaired) electrons. The van der Waals surface area contributed by atoms with Gasteiger partial charge in [-0.1, -0.05) is 13.8 Å². The molecule has 0 aromatic rings. The second-order valence-electron chi connectivity index (χ2n) is 6.46. The van der Waals surface area contributed by atoms with Crippen molar-refractivity contribution in [1.82, 2.24) is 4.90 Å². The molecular weight excluding hydrogens is 214 g/mol. The molecule has 0 amide bonds. The zero-order valence-corrected chi connectivity index (χ0v) is 11.5. The van der Waals surface area contributed by atoms with Gasteiger partial charge in [0.15, 0.2) is 0 Å². The van der Waals surface area contributed by atoms with E-state index in [0.29, 0.717) is 18.0 Å². The lowest BCUT2D eigenvalue weighted by molar-refractivity contribution is -0.129. The van der Waals surface area contributed by atoms with Crippen LogP contribution in [0.3, 0.4) is 0 Å².